The fraction of sp³-hybridized carbons (Fsp3) is 0.200. The molecule has 1 heterocycles. The SMILES string of the molecule is O=C([O-])Cc1c(C(=O)c2ccc3c(c2)CCC3)[nH]c2cc(Cl)c(Cl)cc12. The normalized spacial score (nSPS) is 13.2. The molecule has 0 bridgehead atoms. The Balaban J connectivity index is 1.86. The molecule has 2 aromatic carbocycles. The molecule has 0 fully saturated rings. The summed E-state index contributed by atoms with van der Waals surface area (Å²) in [7, 11) is 0. The van der Waals surface area contributed by atoms with Gasteiger partial charge in [0.15, 0.2) is 0 Å². The molecule has 1 aromatic heterocycles. The van der Waals surface area contributed by atoms with Crippen LogP contribution in [0.5, 0.6) is 0 Å². The van der Waals surface area contributed by atoms with Crippen molar-refractivity contribution >= 4 is 45.9 Å². The number of aliphatic carboxylic acids is 1. The lowest BCUT2D eigenvalue weighted by molar-refractivity contribution is -0.304. The Morgan fingerprint density at radius 2 is 1.77 bits per heavy atom. The van der Waals surface area contributed by atoms with Gasteiger partial charge >= 0.3 is 0 Å². The number of fused-ring (bicyclic) bond motifs is 2. The molecular weight excluding hydrogens is 373 g/mol. The van der Waals surface area contributed by atoms with E-state index in [1.807, 2.05) is 12.1 Å². The maximum atomic E-state index is 13.1. The third-order valence-electron chi connectivity index (χ3n) is 4.86. The van der Waals surface area contributed by atoms with Crippen LogP contribution < -0.4 is 5.11 Å². The number of nitrogens with one attached hydrogen (secondary N) is 1. The molecule has 0 saturated carbocycles. The van der Waals surface area contributed by atoms with Crippen LogP contribution in [0.25, 0.3) is 10.9 Å². The minimum absolute atomic E-state index is 0.237. The van der Waals surface area contributed by atoms with Gasteiger partial charge in [-0.15, -0.1) is 0 Å². The number of aromatic amines is 1. The first-order valence-corrected chi connectivity index (χ1v) is 9.05. The van der Waals surface area contributed by atoms with Gasteiger partial charge in [0.25, 0.3) is 0 Å². The summed E-state index contributed by atoms with van der Waals surface area (Å²) in [5.74, 6) is -1.51. The zero-order valence-electron chi connectivity index (χ0n) is 13.7. The van der Waals surface area contributed by atoms with Gasteiger partial charge < -0.3 is 14.9 Å². The smallest absolute Gasteiger partial charge is 0.209 e. The maximum absolute atomic E-state index is 13.1. The molecular formula is C20H14Cl2NO3-. The van der Waals surface area contributed by atoms with E-state index in [0.29, 0.717) is 32.1 Å². The summed E-state index contributed by atoms with van der Waals surface area (Å²) in [6.45, 7) is 0. The summed E-state index contributed by atoms with van der Waals surface area (Å²) in [5.41, 5.74) is 4.16. The van der Waals surface area contributed by atoms with Crippen LogP contribution in [0.4, 0.5) is 0 Å². The number of aromatic nitrogens is 1. The highest BCUT2D eigenvalue weighted by molar-refractivity contribution is 6.42. The van der Waals surface area contributed by atoms with Crippen LogP contribution in [-0.2, 0) is 24.1 Å². The number of H-pyrrole nitrogens is 1. The van der Waals surface area contributed by atoms with Gasteiger partial charge in [-0.1, -0.05) is 35.3 Å². The summed E-state index contributed by atoms with van der Waals surface area (Å²) in [5, 5.41) is 12.4. The largest absolute Gasteiger partial charge is 0.550 e. The monoisotopic (exact) mass is 386 g/mol. The molecule has 4 rings (SSSR count). The Hall–Kier alpha value is -2.30. The molecule has 3 aromatic rings. The van der Waals surface area contributed by atoms with Crippen molar-refractivity contribution in [1.29, 1.82) is 0 Å². The van der Waals surface area contributed by atoms with E-state index in [4.69, 9.17) is 23.2 Å². The molecule has 0 radical (unpaired) electrons. The van der Waals surface area contributed by atoms with Gasteiger partial charge in [0, 0.05) is 28.9 Å². The van der Waals surface area contributed by atoms with E-state index in [9.17, 15) is 14.7 Å². The fourth-order valence-electron chi connectivity index (χ4n) is 3.62. The number of aryl methyl sites for hydroxylation is 2. The van der Waals surface area contributed by atoms with E-state index in [0.717, 1.165) is 19.3 Å². The average molecular weight is 387 g/mol. The number of hydrogen-bond acceptors (Lipinski definition) is 3. The number of ketones is 1. The van der Waals surface area contributed by atoms with E-state index in [-0.39, 0.29) is 17.9 Å². The molecule has 0 saturated heterocycles. The molecule has 1 N–H and O–H groups in total. The summed E-state index contributed by atoms with van der Waals surface area (Å²) in [4.78, 5) is 27.3. The molecule has 1 aliphatic carbocycles. The molecule has 4 nitrogen and oxygen atoms in total. The number of carbonyl (C=O) groups is 2. The molecule has 0 atom stereocenters. The van der Waals surface area contributed by atoms with Gasteiger partial charge in [-0.05, 0) is 54.2 Å². The first kappa shape index (κ1) is 17.1. The van der Waals surface area contributed by atoms with Crippen LogP contribution in [-0.4, -0.2) is 16.7 Å². The molecule has 132 valence electrons. The highest BCUT2D eigenvalue weighted by Gasteiger charge is 2.22. The van der Waals surface area contributed by atoms with Crippen molar-refractivity contribution in [3.8, 4) is 0 Å². The second kappa shape index (κ2) is 6.45. The van der Waals surface area contributed by atoms with E-state index in [1.54, 1.807) is 18.2 Å². The third kappa shape index (κ3) is 2.89. The summed E-state index contributed by atoms with van der Waals surface area (Å²) in [6.07, 6.45) is 2.69. The Kier molecular flexibility index (Phi) is 4.25. The minimum Gasteiger partial charge on any atom is -0.550 e. The zero-order valence-corrected chi connectivity index (χ0v) is 15.2. The van der Waals surface area contributed by atoms with Gasteiger partial charge in [0.05, 0.1) is 15.7 Å². The second-order valence-electron chi connectivity index (χ2n) is 6.51. The lowest BCUT2D eigenvalue weighted by Gasteiger charge is -2.07. The van der Waals surface area contributed by atoms with Gasteiger partial charge in [-0.3, -0.25) is 4.79 Å². The van der Waals surface area contributed by atoms with Gasteiger partial charge in [-0.25, -0.2) is 0 Å². The van der Waals surface area contributed by atoms with Gasteiger partial charge in [-0.2, -0.15) is 0 Å². The van der Waals surface area contributed by atoms with Crippen molar-refractivity contribution in [2.75, 3.05) is 0 Å². The Morgan fingerprint density at radius 3 is 2.54 bits per heavy atom. The number of halogens is 2. The molecule has 0 amide bonds. The van der Waals surface area contributed by atoms with E-state index in [1.165, 1.54) is 11.1 Å². The average Bonchev–Trinajstić information content (AvgIpc) is 3.19. The predicted octanol–water partition coefficient (Wildman–Crippen LogP) is 3.49. The Labute approximate surface area is 159 Å². The second-order valence-corrected chi connectivity index (χ2v) is 7.32. The molecule has 26 heavy (non-hydrogen) atoms. The number of carboxylic acid groups (broad SMARTS) is 1. The lowest BCUT2D eigenvalue weighted by Crippen LogP contribution is -2.25. The van der Waals surface area contributed by atoms with Crippen LogP contribution in [0.3, 0.4) is 0 Å². The van der Waals surface area contributed by atoms with Crippen LogP contribution in [0.15, 0.2) is 30.3 Å². The minimum atomic E-state index is -1.26. The van der Waals surface area contributed by atoms with Gasteiger partial charge in [0.1, 0.15) is 0 Å². The first-order valence-electron chi connectivity index (χ1n) is 8.30. The van der Waals surface area contributed by atoms with Crippen molar-refractivity contribution in [1.82, 2.24) is 4.98 Å². The number of rotatable bonds is 4. The standard InChI is InChI=1S/C20H15Cl2NO3/c21-15-7-13-14(8-18(24)25)19(23-17(13)9-16(15)22)20(26)12-5-4-10-2-1-3-11(10)6-12/h4-7,9,23H,1-3,8H2,(H,24,25)/p-1. The van der Waals surface area contributed by atoms with Crippen LogP contribution in [0.2, 0.25) is 10.0 Å². The third-order valence-corrected chi connectivity index (χ3v) is 5.58. The van der Waals surface area contributed by atoms with E-state index >= 15 is 0 Å². The van der Waals surface area contributed by atoms with Crippen LogP contribution >= 0.6 is 23.2 Å². The lowest BCUT2D eigenvalue weighted by atomic mass is 9.98. The molecule has 0 spiro atoms. The van der Waals surface area contributed by atoms with E-state index in [2.05, 4.69) is 4.98 Å². The number of benzene rings is 2. The van der Waals surface area contributed by atoms with E-state index < -0.39 is 5.97 Å². The van der Waals surface area contributed by atoms with Gasteiger partial charge in [0.2, 0.25) is 5.78 Å². The van der Waals surface area contributed by atoms with Crippen molar-refractivity contribution in [2.24, 2.45) is 0 Å². The fourth-order valence-corrected chi connectivity index (χ4v) is 3.95. The highest BCUT2D eigenvalue weighted by atomic mass is 35.5. The topological polar surface area (TPSA) is 73.0 Å². The number of carboxylic acids is 1. The van der Waals surface area contributed by atoms with Crippen LogP contribution in [0, 0.1) is 0 Å². The summed E-state index contributed by atoms with van der Waals surface area (Å²) in [6, 6.07) is 8.84. The molecule has 0 aliphatic heterocycles. The van der Waals surface area contributed by atoms with Crippen molar-refractivity contribution < 1.29 is 14.7 Å². The van der Waals surface area contributed by atoms with Crippen LogP contribution in [0.1, 0.15) is 39.2 Å². The molecule has 0 unspecified atom stereocenters. The predicted molar refractivity (Wildman–Crippen MR) is 98.9 cm³/mol. The van der Waals surface area contributed by atoms with Crippen molar-refractivity contribution in [3.63, 3.8) is 0 Å². The summed E-state index contributed by atoms with van der Waals surface area (Å²) < 4.78 is 0. The Morgan fingerprint density at radius 1 is 1.04 bits per heavy atom. The quantitative estimate of drug-likeness (QED) is 0.697. The first-order chi connectivity index (χ1) is 12.4. The molecule has 6 heteroatoms. The van der Waals surface area contributed by atoms with Crippen molar-refractivity contribution in [2.45, 2.75) is 25.7 Å². The summed E-state index contributed by atoms with van der Waals surface area (Å²) >= 11 is 12.1. The Bertz CT molecular complexity index is 1070. The zero-order chi connectivity index (χ0) is 18.4. The highest BCUT2D eigenvalue weighted by Crippen LogP contribution is 2.33. The number of hydrogen-bond donors (Lipinski definition) is 1. The maximum Gasteiger partial charge on any atom is 0.209 e. The van der Waals surface area contributed by atoms with Crippen molar-refractivity contribution in [3.05, 3.63) is 68.3 Å². The number of carbonyl (C=O) groups excluding carboxylic acids is 2. The molecule has 1 aliphatic rings.